The molecule has 0 saturated carbocycles. The van der Waals surface area contributed by atoms with Crippen molar-refractivity contribution in [3.05, 3.63) is 52.9 Å². The van der Waals surface area contributed by atoms with Crippen LogP contribution in [0.3, 0.4) is 0 Å². The fourth-order valence-electron chi connectivity index (χ4n) is 3.29. The summed E-state index contributed by atoms with van der Waals surface area (Å²) in [5.74, 6) is 0.0899. The van der Waals surface area contributed by atoms with E-state index in [1.807, 2.05) is 6.07 Å². The number of hydrogen-bond donors (Lipinski definition) is 1. The summed E-state index contributed by atoms with van der Waals surface area (Å²) in [4.78, 5) is 26.4. The molecule has 26 heavy (non-hydrogen) atoms. The Morgan fingerprint density at radius 1 is 1.19 bits per heavy atom. The maximum absolute atomic E-state index is 12.4. The van der Waals surface area contributed by atoms with E-state index >= 15 is 0 Å². The molecule has 138 valence electrons. The van der Waals surface area contributed by atoms with Gasteiger partial charge in [0.1, 0.15) is 5.00 Å². The van der Waals surface area contributed by atoms with Gasteiger partial charge < -0.3 is 10.1 Å². The van der Waals surface area contributed by atoms with Gasteiger partial charge in [-0.15, -0.1) is 11.3 Å². The summed E-state index contributed by atoms with van der Waals surface area (Å²) in [6.45, 7) is 4.24. The molecule has 3 rings (SSSR count). The van der Waals surface area contributed by atoms with Crippen molar-refractivity contribution in [1.82, 2.24) is 4.90 Å². The average Bonchev–Trinajstić information content (AvgIpc) is 3.11. The third-order valence-corrected chi connectivity index (χ3v) is 5.47. The molecule has 5 nitrogen and oxygen atoms in total. The zero-order valence-electron chi connectivity index (χ0n) is 14.9. The van der Waals surface area contributed by atoms with Crippen LogP contribution in [0.15, 0.2) is 41.8 Å². The van der Waals surface area contributed by atoms with Crippen molar-refractivity contribution in [3.63, 3.8) is 0 Å². The zero-order valence-corrected chi connectivity index (χ0v) is 15.8. The van der Waals surface area contributed by atoms with Crippen molar-refractivity contribution in [2.24, 2.45) is 0 Å². The Morgan fingerprint density at radius 2 is 1.92 bits per heavy atom. The van der Waals surface area contributed by atoms with E-state index in [2.05, 4.69) is 34.5 Å². The van der Waals surface area contributed by atoms with Crippen LogP contribution in [0.2, 0.25) is 0 Å². The molecular formula is C20H24N2O3S. The lowest BCUT2D eigenvalue weighted by molar-refractivity contribution is -0.117. The van der Waals surface area contributed by atoms with Crippen LogP contribution in [-0.2, 0) is 9.53 Å². The van der Waals surface area contributed by atoms with Gasteiger partial charge >= 0.3 is 5.97 Å². The van der Waals surface area contributed by atoms with E-state index in [1.54, 1.807) is 18.4 Å². The molecule has 0 radical (unpaired) electrons. The Labute approximate surface area is 158 Å². The second-order valence-electron chi connectivity index (χ2n) is 6.39. The second kappa shape index (κ2) is 8.96. The molecule has 1 aromatic carbocycles. The van der Waals surface area contributed by atoms with Crippen LogP contribution in [0.25, 0.3) is 0 Å². The van der Waals surface area contributed by atoms with E-state index in [1.165, 1.54) is 16.9 Å². The van der Waals surface area contributed by atoms with E-state index in [9.17, 15) is 9.59 Å². The third-order valence-electron chi connectivity index (χ3n) is 4.64. The standard InChI is InChI=1S/C20H24N2O3S/c1-2-25-20(24)17-10-13-26-19(17)21-18(23)14-22-11-8-16(9-12-22)15-6-4-3-5-7-15/h3-7,10,13,16H,2,8-9,11-12,14H2,1H3,(H,21,23). The van der Waals surface area contributed by atoms with Crippen LogP contribution in [0.1, 0.15) is 41.6 Å². The summed E-state index contributed by atoms with van der Waals surface area (Å²) in [5.41, 5.74) is 1.81. The molecule has 2 aromatic rings. The lowest BCUT2D eigenvalue weighted by atomic mass is 9.89. The van der Waals surface area contributed by atoms with Gasteiger partial charge in [-0.1, -0.05) is 30.3 Å². The highest BCUT2D eigenvalue weighted by Crippen LogP contribution is 2.28. The minimum absolute atomic E-state index is 0.0869. The van der Waals surface area contributed by atoms with E-state index in [-0.39, 0.29) is 5.91 Å². The fourth-order valence-corrected chi connectivity index (χ4v) is 4.09. The summed E-state index contributed by atoms with van der Waals surface area (Å²) >= 11 is 1.34. The van der Waals surface area contributed by atoms with E-state index in [4.69, 9.17) is 4.74 Å². The molecule has 0 bridgehead atoms. The number of hydrogen-bond acceptors (Lipinski definition) is 5. The molecule has 6 heteroatoms. The summed E-state index contributed by atoms with van der Waals surface area (Å²) in [7, 11) is 0. The van der Waals surface area contributed by atoms with E-state index in [0.29, 0.717) is 29.6 Å². The highest BCUT2D eigenvalue weighted by atomic mass is 32.1. The van der Waals surface area contributed by atoms with Crippen LogP contribution in [0.5, 0.6) is 0 Å². The minimum Gasteiger partial charge on any atom is -0.462 e. The quantitative estimate of drug-likeness (QED) is 0.785. The van der Waals surface area contributed by atoms with Gasteiger partial charge in [0.25, 0.3) is 0 Å². The number of carbonyl (C=O) groups is 2. The SMILES string of the molecule is CCOC(=O)c1ccsc1NC(=O)CN1CCC(c2ccccc2)CC1. The average molecular weight is 372 g/mol. The van der Waals surface area contributed by atoms with Crippen molar-refractivity contribution in [1.29, 1.82) is 0 Å². The van der Waals surface area contributed by atoms with Gasteiger partial charge in [-0.3, -0.25) is 9.69 Å². The molecule has 1 saturated heterocycles. The number of ether oxygens (including phenoxy) is 1. The maximum atomic E-state index is 12.4. The monoisotopic (exact) mass is 372 g/mol. The summed E-state index contributed by atoms with van der Waals surface area (Å²) in [5, 5.41) is 5.20. The molecule has 1 amide bonds. The number of amides is 1. The second-order valence-corrected chi connectivity index (χ2v) is 7.31. The summed E-state index contributed by atoms with van der Waals surface area (Å²) in [6.07, 6.45) is 2.12. The topological polar surface area (TPSA) is 58.6 Å². The first-order valence-corrected chi connectivity index (χ1v) is 9.87. The Morgan fingerprint density at radius 3 is 2.62 bits per heavy atom. The Balaban J connectivity index is 1.49. The first kappa shape index (κ1) is 18.6. The number of carbonyl (C=O) groups excluding carboxylic acids is 2. The number of piperidine rings is 1. The molecule has 0 aliphatic carbocycles. The van der Waals surface area contributed by atoms with E-state index in [0.717, 1.165) is 25.9 Å². The van der Waals surface area contributed by atoms with Crippen molar-refractivity contribution in [3.8, 4) is 0 Å². The van der Waals surface area contributed by atoms with Crippen LogP contribution < -0.4 is 5.32 Å². The predicted molar refractivity (Wildman–Crippen MR) is 104 cm³/mol. The number of nitrogens with one attached hydrogen (secondary N) is 1. The van der Waals surface area contributed by atoms with Gasteiger partial charge in [0.15, 0.2) is 0 Å². The van der Waals surface area contributed by atoms with Gasteiger partial charge in [0, 0.05) is 0 Å². The van der Waals surface area contributed by atoms with Crippen molar-refractivity contribution >= 4 is 28.2 Å². The highest BCUT2D eigenvalue weighted by Gasteiger charge is 2.23. The fraction of sp³-hybridized carbons (Fsp3) is 0.400. The number of anilines is 1. The van der Waals surface area contributed by atoms with Crippen molar-refractivity contribution in [2.75, 3.05) is 31.6 Å². The number of esters is 1. The molecule has 0 unspecified atom stereocenters. The van der Waals surface area contributed by atoms with Gasteiger partial charge in [0.2, 0.25) is 5.91 Å². The molecular weight excluding hydrogens is 348 g/mol. The molecule has 0 spiro atoms. The number of likely N-dealkylation sites (tertiary alicyclic amines) is 1. The summed E-state index contributed by atoms with van der Waals surface area (Å²) < 4.78 is 5.02. The van der Waals surface area contributed by atoms with E-state index < -0.39 is 5.97 Å². The maximum Gasteiger partial charge on any atom is 0.341 e. The van der Waals surface area contributed by atoms with Crippen molar-refractivity contribution in [2.45, 2.75) is 25.7 Å². The number of nitrogens with zero attached hydrogens (tertiary/aromatic N) is 1. The largest absolute Gasteiger partial charge is 0.462 e. The lowest BCUT2D eigenvalue weighted by Crippen LogP contribution is -2.38. The third kappa shape index (κ3) is 4.71. The smallest absolute Gasteiger partial charge is 0.341 e. The Hall–Kier alpha value is -2.18. The molecule has 1 aliphatic heterocycles. The predicted octanol–water partition coefficient (Wildman–Crippen LogP) is 3.74. The molecule has 2 heterocycles. The molecule has 1 aliphatic rings. The van der Waals surface area contributed by atoms with Gasteiger partial charge in [-0.05, 0) is 55.8 Å². The molecule has 1 N–H and O–H groups in total. The zero-order chi connectivity index (χ0) is 18.4. The molecule has 1 fully saturated rings. The van der Waals surface area contributed by atoms with Gasteiger partial charge in [-0.25, -0.2) is 4.79 Å². The van der Waals surface area contributed by atoms with Gasteiger partial charge in [0.05, 0.1) is 18.7 Å². The summed E-state index contributed by atoms with van der Waals surface area (Å²) in [6, 6.07) is 12.2. The number of thiophene rings is 1. The Kier molecular flexibility index (Phi) is 6.41. The lowest BCUT2D eigenvalue weighted by Gasteiger charge is -2.31. The van der Waals surface area contributed by atoms with Gasteiger partial charge in [-0.2, -0.15) is 0 Å². The molecule has 1 aromatic heterocycles. The van der Waals surface area contributed by atoms with Crippen LogP contribution >= 0.6 is 11.3 Å². The Bertz CT molecular complexity index is 737. The van der Waals surface area contributed by atoms with Crippen molar-refractivity contribution < 1.29 is 14.3 Å². The normalized spacial score (nSPS) is 15.6. The number of benzene rings is 1. The van der Waals surface area contributed by atoms with Crippen LogP contribution in [0.4, 0.5) is 5.00 Å². The van der Waals surface area contributed by atoms with Crippen LogP contribution in [-0.4, -0.2) is 43.0 Å². The highest BCUT2D eigenvalue weighted by molar-refractivity contribution is 7.14. The first-order chi connectivity index (χ1) is 12.7. The first-order valence-electron chi connectivity index (χ1n) is 8.99. The van der Waals surface area contributed by atoms with Crippen LogP contribution in [0, 0.1) is 0 Å². The number of rotatable bonds is 6. The minimum atomic E-state index is -0.396. The molecule has 0 atom stereocenters.